The summed E-state index contributed by atoms with van der Waals surface area (Å²) in [6, 6.07) is -1.35. The predicted molar refractivity (Wildman–Crippen MR) is 64.9 cm³/mol. The third-order valence-electron chi connectivity index (χ3n) is 2.42. The molecular formula is C11H18N4O3. The van der Waals surface area contributed by atoms with Crippen LogP contribution in [0.1, 0.15) is 32.0 Å². The number of carbonyl (C=O) groups excluding carboxylic acids is 1. The number of nitrogens with one attached hydrogen (secondary N) is 3. The second-order valence-corrected chi connectivity index (χ2v) is 3.90. The van der Waals surface area contributed by atoms with Gasteiger partial charge in [-0.3, -0.25) is 0 Å². The number of carboxylic acids is 1. The van der Waals surface area contributed by atoms with E-state index in [1.807, 2.05) is 6.92 Å². The van der Waals surface area contributed by atoms with Crippen LogP contribution >= 0.6 is 0 Å². The van der Waals surface area contributed by atoms with Crippen molar-refractivity contribution in [3.8, 4) is 0 Å². The highest BCUT2D eigenvalue weighted by Gasteiger charge is 2.18. The molecule has 0 aromatic carbocycles. The minimum Gasteiger partial charge on any atom is -0.480 e. The van der Waals surface area contributed by atoms with E-state index in [2.05, 4.69) is 20.6 Å². The van der Waals surface area contributed by atoms with Crippen molar-refractivity contribution >= 4 is 12.0 Å². The van der Waals surface area contributed by atoms with Gasteiger partial charge in [-0.25, -0.2) is 14.6 Å². The van der Waals surface area contributed by atoms with Crippen LogP contribution in [0.5, 0.6) is 0 Å². The minimum atomic E-state index is -1.02. The van der Waals surface area contributed by atoms with Gasteiger partial charge in [0.25, 0.3) is 0 Å². The molecule has 1 heterocycles. The summed E-state index contributed by atoms with van der Waals surface area (Å²) < 4.78 is 0. The van der Waals surface area contributed by atoms with Crippen molar-refractivity contribution in [3.05, 3.63) is 18.2 Å². The summed E-state index contributed by atoms with van der Waals surface area (Å²) in [4.78, 5) is 29.2. The van der Waals surface area contributed by atoms with Gasteiger partial charge in [-0.2, -0.15) is 0 Å². The topological polar surface area (TPSA) is 107 Å². The molecule has 4 N–H and O–H groups in total. The van der Waals surface area contributed by atoms with Gasteiger partial charge in [-0.15, -0.1) is 0 Å². The van der Waals surface area contributed by atoms with Crippen LogP contribution in [0.4, 0.5) is 4.79 Å². The van der Waals surface area contributed by atoms with E-state index in [-0.39, 0.29) is 6.54 Å². The SMILES string of the molecule is CCCC[C@H](NC(=O)NCc1ncc[nH]1)C(=O)O. The lowest BCUT2D eigenvalue weighted by molar-refractivity contribution is -0.139. The number of hydrogen-bond donors (Lipinski definition) is 4. The smallest absolute Gasteiger partial charge is 0.326 e. The molecule has 0 fully saturated rings. The van der Waals surface area contributed by atoms with Gasteiger partial charge in [-0.1, -0.05) is 19.8 Å². The number of hydrogen-bond acceptors (Lipinski definition) is 3. The Morgan fingerprint density at radius 1 is 1.56 bits per heavy atom. The first kappa shape index (κ1) is 14.0. The van der Waals surface area contributed by atoms with Gasteiger partial charge in [0.1, 0.15) is 11.9 Å². The zero-order valence-corrected chi connectivity index (χ0v) is 10.3. The third kappa shape index (κ3) is 4.86. The lowest BCUT2D eigenvalue weighted by atomic mass is 10.1. The van der Waals surface area contributed by atoms with Crippen LogP contribution in [0.3, 0.4) is 0 Å². The van der Waals surface area contributed by atoms with Gasteiger partial charge in [0.05, 0.1) is 6.54 Å². The summed E-state index contributed by atoms with van der Waals surface area (Å²) in [5.41, 5.74) is 0. The van der Waals surface area contributed by atoms with Crippen molar-refractivity contribution in [2.24, 2.45) is 0 Å². The number of aromatic amines is 1. The van der Waals surface area contributed by atoms with Gasteiger partial charge in [0.15, 0.2) is 0 Å². The Hall–Kier alpha value is -2.05. The molecule has 0 aliphatic carbocycles. The highest BCUT2D eigenvalue weighted by atomic mass is 16.4. The number of carboxylic acid groups (broad SMARTS) is 1. The van der Waals surface area contributed by atoms with Crippen molar-refractivity contribution in [3.63, 3.8) is 0 Å². The van der Waals surface area contributed by atoms with Gasteiger partial charge in [-0.05, 0) is 6.42 Å². The van der Waals surface area contributed by atoms with E-state index in [9.17, 15) is 9.59 Å². The summed E-state index contributed by atoms with van der Waals surface area (Å²) in [6.07, 6.45) is 5.31. The summed E-state index contributed by atoms with van der Waals surface area (Å²) in [6.45, 7) is 2.20. The molecule has 7 heteroatoms. The fourth-order valence-electron chi connectivity index (χ4n) is 1.43. The van der Waals surface area contributed by atoms with E-state index < -0.39 is 18.0 Å². The first-order valence-corrected chi connectivity index (χ1v) is 5.89. The molecule has 18 heavy (non-hydrogen) atoms. The second-order valence-electron chi connectivity index (χ2n) is 3.90. The van der Waals surface area contributed by atoms with Crippen LogP contribution in [-0.2, 0) is 11.3 Å². The number of aliphatic carboxylic acids is 1. The Kier molecular flexibility index (Phi) is 5.69. The average molecular weight is 254 g/mol. The van der Waals surface area contributed by atoms with E-state index in [1.54, 1.807) is 12.4 Å². The molecule has 7 nitrogen and oxygen atoms in total. The van der Waals surface area contributed by atoms with Crippen LogP contribution in [0.15, 0.2) is 12.4 Å². The zero-order valence-electron chi connectivity index (χ0n) is 10.3. The van der Waals surface area contributed by atoms with Crippen molar-refractivity contribution in [2.45, 2.75) is 38.8 Å². The summed E-state index contributed by atoms with van der Waals surface area (Å²) in [5.74, 6) is -0.401. The van der Waals surface area contributed by atoms with Crippen LogP contribution in [0.25, 0.3) is 0 Å². The Labute approximate surface area is 105 Å². The highest BCUT2D eigenvalue weighted by Crippen LogP contribution is 2.00. The molecule has 1 aromatic heterocycles. The monoisotopic (exact) mass is 254 g/mol. The average Bonchev–Trinajstić information content (AvgIpc) is 2.84. The summed E-state index contributed by atoms with van der Waals surface area (Å²) in [7, 11) is 0. The first-order valence-electron chi connectivity index (χ1n) is 5.89. The minimum absolute atomic E-state index is 0.235. The molecule has 0 saturated heterocycles. The maximum atomic E-state index is 11.5. The predicted octanol–water partition coefficient (Wildman–Crippen LogP) is 0.852. The molecule has 0 radical (unpaired) electrons. The van der Waals surface area contributed by atoms with Crippen molar-refractivity contribution in [1.29, 1.82) is 0 Å². The van der Waals surface area contributed by atoms with Gasteiger partial charge >= 0.3 is 12.0 Å². The van der Waals surface area contributed by atoms with Crippen LogP contribution < -0.4 is 10.6 Å². The summed E-state index contributed by atoms with van der Waals surface area (Å²) >= 11 is 0. The standard InChI is InChI=1S/C11H18N4O3/c1-2-3-4-8(10(16)17)15-11(18)14-7-9-12-5-6-13-9/h5-6,8H,2-4,7H2,1H3,(H,12,13)(H,16,17)(H2,14,15,18)/t8-/m0/s1. The lowest BCUT2D eigenvalue weighted by Crippen LogP contribution is -2.45. The number of nitrogens with zero attached hydrogens (tertiary/aromatic N) is 1. The Balaban J connectivity index is 2.34. The molecule has 1 atom stereocenters. The van der Waals surface area contributed by atoms with E-state index in [0.717, 1.165) is 12.8 Å². The second kappa shape index (κ2) is 7.31. The molecule has 0 saturated carbocycles. The van der Waals surface area contributed by atoms with Crippen molar-refractivity contribution < 1.29 is 14.7 Å². The molecule has 2 amide bonds. The van der Waals surface area contributed by atoms with Crippen LogP contribution in [0.2, 0.25) is 0 Å². The number of aromatic nitrogens is 2. The molecular weight excluding hydrogens is 236 g/mol. The number of imidazole rings is 1. The maximum absolute atomic E-state index is 11.5. The molecule has 0 aliphatic rings. The fourth-order valence-corrected chi connectivity index (χ4v) is 1.43. The Morgan fingerprint density at radius 2 is 2.33 bits per heavy atom. The fraction of sp³-hybridized carbons (Fsp3) is 0.545. The molecule has 0 bridgehead atoms. The largest absolute Gasteiger partial charge is 0.480 e. The molecule has 0 spiro atoms. The van der Waals surface area contributed by atoms with Crippen LogP contribution in [-0.4, -0.2) is 33.1 Å². The maximum Gasteiger partial charge on any atom is 0.326 e. The third-order valence-corrected chi connectivity index (χ3v) is 2.42. The molecule has 100 valence electrons. The number of amides is 2. The molecule has 1 rings (SSSR count). The molecule has 1 aromatic rings. The number of unbranched alkanes of at least 4 members (excludes halogenated alkanes) is 1. The number of H-pyrrole nitrogens is 1. The van der Waals surface area contributed by atoms with Gasteiger partial charge < -0.3 is 20.7 Å². The zero-order chi connectivity index (χ0) is 13.4. The quantitative estimate of drug-likeness (QED) is 0.578. The Bertz CT molecular complexity index is 378. The van der Waals surface area contributed by atoms with Crippen molar-refractivity contribution in [1.82, 2.24) is 20.6 Å². The highest BCUT2D eigenvalue weighted by molar-refractivity contribution is 5.82. The Morgan fingerprint density at radius 3 is 2.89 bits per heavy atom. The van der Waals surface area contributed by atoms with Crippen molar-refractivity contribution in [2.75, 3.05) is 0 Å². The van der Waals surface area contributed by atoms with E-state index >= 15 is 0 Å². The van der Waals surface area contributed by atoms with E-state index in [4.69, 9.17) is 5.11 Å². The number of carbonyl (C=O) groups is 2. The van der Waals surface area contributed by atoms with E-state index in [0.29, 0.717) is 12.2 Å². The van der Waals surface area contributed by atoms with Gasteiger partial charge in [0.2, 0.25) is 0 Å². The lowest BCUT2D eigenvalue weighted by Gasteiger charge is -2.14. The van der Waals surface area contributed by atoms with Gasteiger partial charge in [0, 0.05) is 12.4 Å². The normalized spacial score (nSPS) is 11.8. The summed E-state index contributed by atoms with van der Waals surface area (Å²) in [5, 5.41) is 13.9. The van der Waals surface area contributed by atoms with Crippen LogP contribution in [0, 0.1) is 0 Å². The molecule has 0 aliphatic heterocycles. The number of rotatable bonds is 7. The molecule has 0 unspecified atom stereocenters. The van der Waals surface area contributed by atoms with E-state index in [1.165, 1.54) is 0 Å². The number of urea groups is 1. The first-order chi connectivity index (χ1) is 8.63.